The van der Waals surface area contributed by atoms with Gasteiger partial charge in [-0.05, 0) is 26.7 Å². The van der Waals surface area contributed by atoms with Crippen LogP contribution in [0.2, 0.25) is 0 Å². The Morgan fingerprint density at radius 1 is 0.737 bits per heavy atom. The molecule has 0 aromatic rings. The van der Waals surface area contributed by atoms with E-state index in [0.29, 0.717) is 12.8 Å². The molecule has 2 aliphatic heterocycles. The van der Waals surface area contributed by atoms with Gasteiger partial charge >= 0.3 is 12.1 Å². The number of allylic oxidation sites excluding steroid dienone is 2. The Bertz CT molecular complexity index is 1060. The van der Waals surface area contributed by atoms with Crippen molar-refractivity contribution in [2.24, 2.45) is 22.7 Å². The van der Waals surface area contributed by atoms with Crippen molar-refractivity contribution in [3.8, 4) is 23.7 Å². The molecule has 2 rings (SSSR count). The SMILES string of the molecule is C=CCC1(C(C)C#CCC)C(=O)NC(=O)N(C)C1=O.C=CCC1(C(C)C#CCC)C(=O)NC(=O)N(C)C1=O. The summed E-state index contributed by atoms with van der Waals surface area (Å²) in [4.78, 5) is 73.9. The van der Waals surface area contributed by atoms with Crippen molar-refractivity contribution in [1.29, 1.82) is 0 Å². The number of carbonyl (C=O) groups excluding carboxylic acids is 6. The van der Waals surface area contributed by atoms with Gasteiger partial charge in [-0.2, -0.15) is 0 Å². The molecule has 38 heavy (non-hydrogen) atoms. The van der Waals surface area contributed by atoms with E-state index in [4.69, 9.17) is 0 Å². The highest BCUT2D eigenvalue weighted by Crippen LogP contribution is 2.37. The van der Waals surface area contributed by atoms with Crippen molar-refractivity contribution >= 4 is 35.7 Å². The summed E-state index contributed by atoms with van der Waals surface area (Å²) in [5.41, 5.74) is -2.74. The smallest absolute Gasteiger partial charge is 0.277 e. The van der Waals surface area contributed by atoms with E-state index < -0.39 is 58.4 Å². The first kappa shape index (κ1) is 31.8. The van der Waals surface area contributed by atoms with Gasteiger partial charge in [0.1, 0.15) is 10.8 Å². The second-order valence-electron chi connectivity index (χ2n) is 8.97. The number of hydrogen-bond acceptors (Lipinski definition) is 6. The van der Waals surface area contributed by atoms with Crippen molar-refractivity contribution < 1.29 is 28.8 Å². The van der Waals surface area contributed by atoms with E-state index in [1.54, 1.807) is 13.8 Å². The molecule has 0 bridgehead atoms. The molecule has 10 heteroatoms. The van der Waals surface area contributed by atoms with Crippen LogP contribution in [-0.4, -0.2) is 59.6 Å². The topological polar surface area (TPSA) is 133 Å². The monoisotopic (exact) mass is 524 g/mol. The van der Waals surface area contributed by atoms with Gasteiger partial charge in [-0.25, -0.2) is 9.59 Å². The number of amides is 8. The molecule has 4 unspecified atom stereocenters. The summed E-state index contributed by atoms with van der Waals surface area (Å²) in [6.45, 7) is 14.4. The quantitative estimate of drug-likeness (QED) is 0.312. The first-order valence-corrected chi connectivity index (χ1v) is 12.3. The van der Waals surface area contributed by atoms with Gasteiger partial charge in [0.25, 0.3) is 0 Å². The Labute approximate surface area is 224 Å². The third kappa shape index (κ3) is 5.86. The standard InChI is InChI=1S/2C14H18N2O3/c2*1-5-7-8-10(3)14(9-6-2)11(17)15-13(19)16(4)12(14)18/h2*6,10H,2,5,9H2,1,3-4H3,(H,15,17,19). The zero-order chi connectivity index (χ0) is 29.3. The van der Waals surface area contributed by atoms with Gasteiger partial charge in [-0.1, -0.05) is 37.8 Å². The van der Waals surface area contributed by atoms with Crippen molar-refractivity contribution in [2.45, 2.75) is 53.4 Å². The number of hydrogen-bond donors (Lipinski definition) is 2. The molecule has 0 aliphatic carbocycles. The highest BCUT2D eigenvalue weighted by molar-refractivity contribution is 6.20. The minimum Gasteiger partial charge on any atom is -0.277 e. The Hall–Kier alpha value is -4.18. The maximum atomic E-state index is 12.4. The van der Waals surface area contributed by atoms with Gasteiger partial charge in [-0.15, -0.1) is 25.0 Å². The largest absolute Gasteiger partial charge is 0.330 e. The van der Waals surface area contributed by atoms with Crippen molar-refractivity contribution in [3.63, 3.8) is 0 Å². The zero-order valence-corrected chi connectivity index (χ0v) is 22.9. The predicted molar refractivity (Wildman–Crippen MR) is 142 cm³/mol. The first-order valence-electron chi connectivity index (χ1n) is 12.3. The van der Waals surface area contributed by atoms with Crippen LogP contribution >= 0.6 is 0 Å². The predicted octanol–water partition coefficient (Wildman–Crippen LogP) is 2.61. The van der Waals surface area contributed by atoms with Crippen LogP contribution in [0.25, 0.3) is 0 Å². The van der Waals surface area contributed by atoms with E-state index in [9.17, 15) is 28.8 Å². The van der Waals surface area contributed by atoms with Gasteiger partial charge in [0.05, 0.1) is 0 Å². The van der Waals surface area contributed by atoms with Gasteiger partial charge in [0, 0.05) is 38.8 Å². The van der Waals surface area contributed by atoms with Crippen LogP contribution in [0.15, 0.2) is 25.3 Å². The summed E-state index contributed by atoms with van der Waals surface area (Å²) in [5.74, 6) is 8.33. The van der Waals surface area contributed by atoms with Crippen molar-refractivity contribution in [3.05, 3.63) is 25.3 Å². The zero-order valence-electron chi connectivity index (χ0n) is 22.9. The molecule has 0 aromatic carbocycles. The molecule has 0 radical (unpaired) electrons. The summed E-state index contributed by atoms with van der Waals surface area (Å²) in [6, 6.07) is -1.41. The Morgan fingerprint density at radius 3 is 1.32 bits per heavy atom. The average molecular weight is 525 g/mol. The van der Waals surface area contributed by atoms with E-state index in [1.165, 1.54) is 26.2 Å². The minimum atomic E-state index is -1.37. The fraction of sp³-hybridized carbons (Fsp3) is 0.500. The lowest BCUT2D eigenvalue weighted by atomic mass is 9.71. The molecule has 0 saturated carbocycles. The van der Waals surface area contributed by atoms with Crippen LogP contribution in [0, 0.1) is 46.3 Å². The number of urea groups is 2. The maximum absolute atomic E-state index is 12.4. The van der Waals surface area contributed by atoms with Gasteiger partial charge < -0.3 is 0 Å². The lowest BCUT2D eigenvalue weighted by Gasteiger charge is -2.39. The fourth-order valence-corrected chi connectivity index (χ4v) is 4.25. The number of imide groups is 4. The number of rotatable bonds is 6. The Balaban J connectivity index is 0.000000380. The highest BCUT2D eigenvalue weighted by atomic mass is 16.2. The van der Waals surface area contributed by atoms with E-state index >= 15 is 0 Å². The molecule has 2 aliphatic rings. The molecule has 10 nitrogen and oxygen atoms in total. The molecule has 204 valence electrons. The maximum Gasteiger partial charge on any atom is 0.330 e. The van der Waals surface area contributed by atoms with Crippen LogP contribution in [0.5, 0.6) is 0 Å². The second kappa shape index (κ2) is 13.4. The van der Waals surface area contributed by atoms with E-state index in [-0.39, 0.29) is 12.8 Å². The number of carbonyl (C=O) groups is 6. The number of barbiturate groups is 2. The van der Waals surface area contributed by atoms with Crippen LogP contribution in [0.3, 0.4) is 0 Å². The average Bonchev–Trinajstić information content (AvgIpc) is 2.88. The van der Waals surface area contributed by atoms with Crippen molar-refractivity contribution in [1.82, 2.24) is 20.4 Å². The first-order chi connectivity index (χ1) is 17.8. The minimum absolute atomic E-state index is 0.148. The summed E-state index contributed by atoms with van der Waals surface area (Å²) >= 11 is 0. The molecule has 4 atom stereocenters. The number of nitrogens with zero attached hydrogens (tertiary/aromatic N) is 2. The number of nitrogens with one attached hydrogen (secondary N) is 2. The second-order valence-corrected chi connectivity index (χ2v) is 8.97. The van der Waals surface area contributed by atoms with Crippen LogP contribution < -0.4 is 10.6 Å². The highest BCUT2D eigenvalue weighted by Gasteiger charge is 2.56. The fourth-order valence-electron chi connectivity index (χ4n) is 4.25. The van der Waals surface area contributed by atoms with E-state index in [2.05, 4.69) is 47.5 Å². The Kier molecular flexibility index (Phi) is 11.2. The molecule has 0 spiro atoms. The van der Waals surface area contributed by atoms with Gasteiger partial charge in [-0.3, -0.25) is 39.6 Å². The third-order valence-corrected chi connectivity index (χ3v) is 6.63. The van der Waals surface area contributed by atoms with Crippen LogP contribution in [0.1, 0.15) is 53.4 Å². The van der Waals surface area contributed by atoms with E-state index in [1.807, 2.05) is 13.8 Å². The molecule has 2 fully saturated rings. The molecular formula is C28H36N4O6. The molecular weight excluding hydrogens is 488 g/mol. The molecule has 8 amide bonds. The summed E-state index contributed by atoms with van der Waals surface area (Å²) in [7, 11) is 2.70. The lowest BCUT2D eigenvalue weighted by molar-refractivity contribution is -0.154. The van der Waals surface area contributed by atoms with Crippen LogP contribution in [-0.2, 0) is 19.2 Å². The van der Waals surface area contributed by atoms with Gasteiger partial charge in [0.15, 0.2) is 0 Å². The normalized spacial score (nSPS) is 24.4. The molecule has 2 heterocycles. The van der Waals surface area contributed by atoms with E-state index in [0.717, 1.165) is 9.80 Å². The lowest BCUT2D eigenvalue weighted by Crippen LogP contribution is -2.64. The summed E-state index contributed by atoms with van der Waals surface area (Å²) in [5, 5.41) is 4.41. The van der Waals surface area contributed by atoms with Gasteiger partial charge in [0.2, 0.25) is 23.6 Å². The summed E-state index contributed by atoms with van der Waals surface area (Å²) in [6.07, 6.45) is 4.58. The summed E-state index contributed by atoms with van der Waals surface area (Å²) < 4.78 is 0. The molecule has 2 N–H and O–H groups in total. The van der Waals surface area contributed by atoms with Crippen molar-refractivity contribution in [2.75, 3.05) is 14.1 Å². The van der Waals surface area contributed by atoms with Crippen LogP contribution in [0.4, 0.5) is 9.59 Å². The molecule has 0 aromatic heterocycles. The molecule has 2 saturated heterocycles. The Morgan fingerprint density at radius 2 is 1.05 bits per heavy atom. The third-order valence-electron chi connectivity index (χ3n) is 6.63.